The van der Waals surface area contributed by atoms with Crippen LogP contribution < -0.4 is 8.61 Å². The van der Waals surface area contributed by atoms with Crippen molar-refractivity contribution in [2.24, 2.45) is 23.7 Å². The molecule has 0 atom stereocenters. The second kappa shape index (κ2) is 20.1. The van der Waals surface area contributed by atoms with Gasteiger partial charge in [0.15, 0.2) is 0 Å². The lowest BCUT2D eigenvalue weighted by atomic mass is 10.0. The fourth-order valence-corrected chi connectivity index (χ4v) is 11.8. The van der Waals surface area contributed by atoms with Crippen LogP contribution in [0.1, 0.15) is 70.2 Å². The van der Waals surface area contributed by atoms with Crippen LogP contribution in [0.5, 0.6) is 0 Å². The number of pyridine rings is 1. The third kappa shape index (κ3) is 10.8. The van der Waals surface area contributed by atoms with Gasteiger partial charge < -0.3 is 9.47 Å². The first-order valence-electron chi connectivity index (χ1n) is 22.3. The second-order valence-corrected chi connectivity index (χ2v) is 21.9. The largest absolute Gasteiger partial charge is 0.381 e. The number of hydrogen-bond acceptors (Lipinski definition) is 9. The van der Waals surface area contributed by atoms with Crippen LogP contribution in [-0.4, -0.2) is 80.9 Å². The zero-order valence-electron chi connectivity index (χ0n) is 38.1. The van der Waals surface area contributed by atoms with E-state index in [0.29, 0.717) is 24.1 Å². The molecule has 0 N–H and O–H groups in total. The van der Waals surface area contributed by atoms with E-state index in [9.17, 15) is 21.2 Å². The molecule has 3 aromatic carbocycles. The van der Waals surface area contributed by atoms with Gasteiger partial charge in [0.25, 0.3) is 20.0 Å². The van der Waals surface area contributed by atoms with Crippen LogP contribution in [0.4, 0.5) is 15.8 Å². The Morgan fingerprint density at radius 2 is 1.11 bits per heavy atom. The number of ether oxygens (including phenoxy) is 2. The van der Waals surface area contributed by atoms with Gasteiger partial charge in [-0.3, -0.25) is 23.0 Å². The molecule has 2 fully saturated rings. The SMILES string of the molecule is Cc1cc(C)c(N(CC(C)C)S(=O)(=O)c2ccc3c(cnn3CC3CCOCC3)c2)cn1.Cc1ccc(N(CC(C)C)S(=O)(=O)c2ccc3c(cnn3CC3CCOCC3)c2)c(F)c1. The van der Waals surface area contributed by atoms with Gasteiger partial charge in [0, 0.05) is 69.1 Å². The monoisotopic (exact) mass is 915 g/mol. The summed E-state index contributed by atoms with van der Waals surface area (Å²) in [5.41, 5.74) is 5.05. The van der Waals surface area contributed by atoms with E-state index >= 15 is 0 Å². The van der Waals surface area contributed by atoms with Crippen molar-refractivity contribution in [3.8, 4) is 0 Å². The number of rotatable bonds is 14. The lowest BCUT2D eigenvalue weighted by Gasteiger charge is -2.27. The summed E-state index contributed by atoms with van der Waals surface area (Å²) in [5.74, 6) is 0.683. The Labute approximate surface area is 377 Å². The van der Waals surface area contributed by atoms with E-state index in [1.165, 1.54) is 20.7 Å². The van der Waals surface area contributed by atoms with Gasteiger partial charge >= 0.3 is 0 Å². The second-order valence-electron chi connectivity index (χ2n) is 18.1. The van der Waals surface area contributed by atoms with Crippen molar-refractivity contribution in [3.05, 3.63) is 102 Å². The number of aromatic nitrogens is 5. The summed E-state index contributed by atoms with van der Waals surface area (Å²) in [6, 6.07) is 16.9. The number of aryl methyl sites for hydroxylation is 3. The highest BCUT2D eigenvalue weighted by atomic mass is 32.2. The number of fused-ring (bicyclic) bond motifs is 2. The highest BCUT2D eigenvalue weighted by molar-refractivity contribution is 7.93. The Balaban J connectivity index is 0.000000191. The van der Waals surface area contributed by atoms with Crippen molar-refractivity contribution >= 4 is 53.2 Å². The average molecular weight is 916 g/mol. The maximum absolute atomic E-state index is 14.7. The normalized spacial score (nSPS) is 15.5. The predicted octanol–water partition coefficient (Wildman–Crippen LogP) is 9.09. The van der Waals surface area contributed by atoms with Crippen LogP contribution >= 0.6 is 0 Å². The zero-order chi connectivity index (χ0) is 45.8. The molecule has 3 aromatic heterocycles. The summed E-state index contributed by atoms with van der Waals surface area (Å²) in [4.78, 5) is 4.77. The third-order valence-electron chi connectivity index (χ3n) is 11.9. The Morgan fingerprint density at radius 1 is 0.641 bits per heavy atom. The molecule has 0 bridgehead atoms. The van der Waals surface area contributed by atoms with Gasteiger partial charge in [0.2, 0.25) is 0 Å². The number of halogens is 1. The minimum absolute atomic E-state index is 0.0245. The van der Waals surface area contributed by atoms with Gasteiger partial charge in [-0.15, -0.1) is 0 Å². The molecule has 13 nitrogen and oxygen atoms in total. The molecule has 6 aromatic rings. The standard InChI is InChI=1S/C24H30FN3O3S.C24H32N4O3S/c1-17(2)15-28(24-6-4-18(3)12-22(24)25)32(29,30)21-5-7-23-20(13-21)14-26-27(23)16-19-8-10-31-11-9-19;1-17(2)15-28(24-14-25-19(4)11-18(24)3)32(29,30)22-5-6-23-21(12-22)13-26-27(23)16-20-7-9-31-10-8-20/h4-7,12-14,17,19H,8-11,15-16H2,1-3H3;5-6,11-14,17,20H,7-10,15-16H2,1-4H3. The number of nitrogens with zero attached hydrogens (tertiary/aromatic N) is 7. The first-order chi connectivity index (χ1) is 30.5. The van der Waals surface area contributed by atoms with Gasteiger partial charge in [-0.05, 0) is 136 Å². The van der Waals surface area contributed by atoms with Crippen LogP contribution in [-0.2, 0) is 42.6 Å². The summed E-state index contributed by atoms with van der Waals surface area (Å²) in [7, 11) is -7.71. The van der Waals surface area contributed by atoms with Crippen molar-refractivity contribution in [1.29, 1.82) is 0 Å². The molecular weight excluding hydrogens is 854 g/mol. The van der Waals surface area contributed by atoms with Crippen LogP contribution in [0, 0.1) is 50.3 Å². The van der Waals surface area contributed by atoms with Crippen LogP contribution in [0.2, 0.25) is 0 Å². The van der Waals surface area contributed by atoms with E-state index in [1.54, 1.807) is 61.9 Å². The summed E-state index contributed by atoms with van der Waals surface area (Å²) in [5, 5.41) is 10.6. The van der Waals surface area contributed by atoms with Crippen LogP contribution in [0.3, 0.4) is 0 Å². The Bertz CT molecular complexity index is 2590. The first-order valence-corrected chi connectivity index (χ1v) is 25.2. The van der Waals surface area contributed by atoms with Gasteiger partial charge in [-0.1, -0.05) is 33.8 Å². The molecule has 0 unspecified atom stereocenters. The van der Waals surface area contributed by atoms with E-state index in [-0.39, 0.29) is 33.9 Å². The van der Waals surface area contributed by atoms with Gasteiger partial charge in [-0.2, -0.15) is 10.2 Å². The summed E-state index contributed by atoms with van der Waals surface area (Å²) in [6.45, 7) is 18.8. The highest BCUT2D eigenvalue weighted by Crippen LogP contribution is 2.32. The van der Waals surface area contributed by atoms with Crippen molar-refractivity contribution in [2.75, 3.05) is 48.1 Å². The fourth-order valence-electron chi connectivity index (χ4n) is 8.42. The van der Waals surface area contributed by atoms with Crippen molar-refractivity contribution in [2.45, 2.75) is 97.0 Å². The van der Waals surface area contributed by atoms with E-state index in [0.717, 1.165) is 104 Å². The maximum Gasteiger partial charge on any atom is 0.264 e. The Morgan fingerprint density at radius 3 is 1.55 bits per heavy atom. The average Bonchev–Trinajstić information content (AvgIpc) is 3.86. The minimum atomic E-state index is -3.95. The molecule has 2 aliphatic rings. The quantitative estimate of drug-likeness (QED) is 0.105. The molecule has 8 rings (SSSR count). The third-order valence-corrected chi connectivity index (χ3v) is 15.4. The molecule has 0 aliphatic carbocycles. The summed E-state index contributed by atoms with van der Waals surface area (Å²) in [6.07, 6.45) is 9.19. The van der Waals surface area contributed by atoms with Crippen molar-refractivity contribution in [3.63, 3.8) is 0 Å². The van der Waals surface area contributed by atoms with E-state index < -0.39 is 25.9 Å². The number of benzene rings is 3. The van der Waals surface area contributed by atoms with Crippen LogP contribution in [0.15, 0.2) is 89.0 Å². The number of anilines is 2. The molecule has 0 radical (unpaired) electrons. The molecule has 2 aliphatic heterocycles. The topological polar surface area (TPSA) is 142 Å². The lowest BCUT2D eigenvalue weighted by molar-refractivity contribution is 0.0604. The molecule has 0 spiro atoms. The van der Waals surface area contributed by atoms with E-state index in [1.807, 2.05) is 63.0 Å². The van der Waals surface area contributed by atoms with Crippen molar-refractivity contribution < 1.29 is 30.7 Å². The fraction of sp³-hybridized carbons (Fsp3) is 0.479. The van der Waals surface area contributed by atoms with E-state index in [4.69, 9.17) is 9.47 Å². The molecular formula is C48H62FN7O6S2. The summed E-state index contributed by atoms with van der Waals surface area (Å²) >= 11 is 0. The first kappa shape index (κ1) is 47.1. The van der Waals surface area contributed by atoms with Gasteiger partial charge in [0.1, 0.15) is 5.82 Å². The Kier molecular flexibility index (Phi) is 14.8. The molecule has 64 heavy (non-hydrogen) atoms. The molecule has 344 valence electrons. The molecule has 0 amide bonds. The van der Waals surface area contributed by atoms with Gasteiger partial charge in [-0.25, -0.2) is 21.2 Å². The summed E-state index contributed by atoms with van der Waals surface area (Å²) < 4.78 is 86.9. The lowest BCUT2D eigenvalue weighted by Crippen LogP contribution is -2.35. The highest BCUT2D eigenvalue weighted by Gasteiger charge is 2.30. The smallest absolute Gasteiger partial charge is 0.264 e. The van der Waals surface area contributed by atoms with Crippen LogP contribution in [0.25, 0.3) is 21.8 Å². The molecule has 0 saturated carbocycles. The number of hydrogen-bond donors (Lipinski definition) is 0. The predicted molar refractivity (Wildman–Crippen MR) is 250 cm³/mol. The van der Waals surface area contributed by atoms with Gasteiger partial charge in [0.05, 0.1) is 50.8 Å². The van der Waals surface area contributed by atoms with Crippen molar-refractivity contribution in [1.82, 2.24) is 24.5 Å². The van der Waals surface area contributed by atoms with E-state index in [2.05, 4.69) is 15.2 Å². The molecule has 5 heterocycles. The zero-order valence-corrected chi connectivity index (χ0v) is 39.7. The number of sulfonamides is 2. The molecule has 16 heteroatoms. The maximum atomic E-state index is 14.7. The minimum Gasteiger partial charge on any atom is -0.381 e. The Hall–Kier alpha value is -4.90. The molecule has 2 saturated heterocycles.